The molecule has 9 heteroatoms. The van der Waals surface area contributed by atoms with Crippen LogP contribution in [0.4, 0.5) is 0 Å². The van der Waals surface area contributed by atoms with Gasteiger partial charge in [0.2, 0.25) is 5.82 Å². The highest BCUT2D eigenvalue weighted by Gasteiger charge is 2.39. The quantitative estimate of drug-likeness (QED) is 0.672. The van der Waals surface area contributed by atoms with Crippen LogP contribution >= 0.6 is 12.4 Å². The van der Waals surface area contributed by atoms with Gasteiger partial charge in [-0.3, -0.25) is 4.79 Å². The van der Waals surface area contributed by atoms with E-state index in [0.717, 1.165) is 43.5 Å². The van der Waals surface area contributed by atoms with Crippen LogP contribution in [0.2, 0.25) is 0 Å². The molecule has 0 amide bonds. The Morgan fingerprint density at radius 1 is 1.20 bits per heavy atom. The van der Waals surface area contributed by atoms with Gasteiger partial charge < -0.3 is 14.8 Å². The number of para-hydroxylation sites is 1. The lowest BCUT2D eigenvalue weighted by atomic mass is 9.72. The molecule has 1 aliphatic heterocycles. The molecular formula is C21H30ClN5O3. The van der Waals surface area contributed by atoms with Gasteiger partial charge in [0.05, 0.1) is 18.3 Å². The number of carbonyl (C=O) groups is 1. The van der Waals surface area contributed by atoms with Crippen molar-refractivity contribution in [3.05, 3.63) is 24.3 Å². The summed E-state index contributed by atoms with van der Waals surface area (Å²) in [5.74, 6) is 2.59. The lowest BCUT2D eigenvalue weighted by molar-refractivity contribution is -0.149. The van der Waals surface area contributed by atoms with E-state index in [0.29, 0.717) is 30.2 Å². The zero-order valence-electron chi connectivity index (χ0n) is 17.4. The van der Waals surface area contributed by atoms with Gasteiger partial charge in [-0.15, -0.1) is 22.6 Å². The summed E-state index contributed by atoms with van der Waals surface area (Å²) in [4.78, 5) is 12.4. The number of halogens is 1. The number of aromatic nitrogens is 4. The van der Waals surface area contributed by atoms with Crippen molar-refractivity contribution in [2.24, 2.45) is 17.8 Å². The lowest BCUT2D eigenvalue weighted by Gasteiger charge is -2.41. The molecule has 2 aromatic rings. The van der Waals surface area contributed by atoms with Crippen LogP contribution in [-0.4, -0.2) is 51.9 Å². The number of hydrogen-bond acceptors (Lipinski definition) is 7. The number of esters is 1. The van der Waals surface area contributed by atoms with Crippen molar-refractivity contribution in [1.82, 2.24) is 25.9 Å². The van der Waals surface area contributed by atoms with Crippen LogP contribution in [-0.2, 0) is 9.53 Å². The molecule has 2 fully saturated rings. The molecule has 4 atom stereocenters. The Morgan fingerprint density at radius 3 is 2.80 bits per heavy atom. The van der Waals surface area contributed by atoms with Crippen LogP contribution in [0.3, 0.4) is 0 Å². The summed E-state index contributed by atoms with van der Waals surface area (Å²) in [6.07, 6.45) is 3.98. The lowest BCUT2D eigenvalue weighted by Crippen LogP contribution is -2.51. The number of fused-ring (bicyclic) bond motifs is 1. The largest absolute Gasteiger partial charge is 0.490 e. The Morgan fingerprint density at radius 2 is 2.03 bits per heavy atom. The highest BCUT2D eigenvalue weighted by Crippen LogP contribution is 2.38. The number of benzene rings is 1. The van der Waals surface area contributed by atoms with E-state index in [1.54, 1.807) is 0 Å². The second-order valence-corrected chi connectivity index (χ2v) is 8.53. The van der Waals surface area contributed by atoms with Crippen molar-refractivity contribution in [2.75, 3.05) is 13.2 Å². The van der Waals surface area contributed by atoms with E-state index in [4.69, 9.17) is 9.47 Å². The minimum atomic E-state index is -0.208. The number of ether oxygens (including phenoxy) is 2. The number of nitrogens with one attached hydrogen (secondary N) is 2. The second-order valence-electron chi connectivity index (χ2n) is 8.53. The molecule has 8 nitrogen and oxygen atoms in total. The van der Waals surface area contributed by atoms with Gasteiger partial charge in [0.15, 0.2) is 0 Å². The van der Waals surface area contributed by atoms with Gasteiger partial charge in [-0.05, 0) is 67.3 Å². The van der Waals surface area contributed by atoms with E-state index < -0.39 is 0 Å². The van der Waals surface area contributed by atoms with Crippen molar-refractivity contribution in [2.45, 2.75) is 51.7 Å². The van der Waals surface area contributed by atoms with Crippen molar-refractivity contribution < 1.29 is 14.3 Å². The number of carbonyl (C=O) groups excluding carboxylic acids is 1. The summed E-state index contributed by atoms with van der Waals surface area (Å²) < 4.78 is 11.8. The van der Waals surface area contributed by atoms with Gasteiger partial charge in [-0.1, -0.05) is 26.0 Å². The summed E-state index contributed by atoms with van der Waals surface area (Å²) >= 11 is 0. The van der Waals surface area contributed by atoms with E-state index in [1.807, 2.05) is 38.1 Å². The van der Waals surface area contributed by atoms with E-state index >= 15 is 0 Å². The minimum Gasteiger partial charge on any atom is -0.490 e. The first kappa shape index (κ1) is 22.5. The Kier molecular flexibility index (Phi) is 7.66. The van der Waals surface area contributed by atoms with E-state index in [9.17, 15) is 4.79 Å². The van der Waals surface area contributed by atoms with Crippen molar-refractivity contribution in [3.63, 3.8) is 0 Å². The van der Waals surface area contributed by atoms with E-state index in [2.05, 4.69) is 25.9 Å². The first-order valence-electron chi connectivity index (χ1n) is 10.5. The van der Waals surface area contributed by atoms with Crippen LogP contribution in [0, 0.1) is 17.8 Å². The molecular weight excluding hydrogens is 406 g/mol. The summed E-state index contributed by atoms with van der Waals surface area (Å²) in [5.41, 5.74) is 0.837. The Hall–Kier alpha value is -2.19. The average Bonchev–Trinajstić information content (AvgIpc) is 3.26. The maximum atomic E-state index is 12.4. The SMILES string of the molecule is CC(C)COC(=O)[C@H]1C[C@H]2C[C@H](Oc3ccccc3-c3nn[nH]n3)CC[C@H]2CN1.Cl. The summed E-state index contributed by atoms with van der Waals surface area (Å²) in [5, 5.41) is 17.7. The molecule has 2 heterocycles. The third-order valence-corrected chi connectivity index (χ3v) is 5.87. The van der Waals surface area contributed by atoms with Crippen molar-refractivity contribution in [3.8, 4) is 17.1 Å². The van der Waals surface area contributed by atoms with E-state index in [1.165, 1.54) is 0 Å². The molecule has 1 aromatic carbocycles. The normalized spacial score (nSPS) is 25.8. The van der Waals surface area contributed by atoms with Crippen LogP contribution in [0.5, 0.6) is 5.75 Å². The molecule has 0 bridgehead atoms. The molecule has 1 aromatic heterocycles. The van der Waals surface area contributed by atoms with Gasteiger partial charge in [0.1, 0.15) is 11.8 Å². The maximum Gasteiger partial charge on any atom is 0.323 e. The fraction of sp³-hybridized carbons (Fsp3) is 0.619. The second kappa shape index (κ2) is 10.2. The topological polar surface area (TPSA) is 102 Å². The predicted octanol–water partition coefficient (Wildman–Crippen LogP) is 3.01. The zero-order chi connectivity index (χ0) is 20.2. The number of rotatable bonds is 6. The van der Waals surface area contributed by atoms with Crippen LogP contribution < -0.4 is 10.1 Å². The molecule has 0 unspecified atom stereocenters. The molecule has 30 heavy (non-hydrogen) atoms. The predicted molar refractivity (Wildman–Crippen MR) is 114 cm³/mol. The molecule has 4 rings (SSSR count). The van der Waals surface area contributed by atoms with Crippen LogP contribution in [0.25, 0.3) is 11.4 Å². The molecule has 1 aliphatic carbocycles. The monoisotopic (exact) mass is 435 g/mol. The fourth-order valence-electron chi connectivity index (χ4n) is 4.37. The number of tetrazole rings is 1. The van der Waals surface area contributed by atoms with Gasteiger partial charge >= 0.3 is 5.97 Å². The third kappa shape index (κ3) is 5.29. The molecule has 1 saturated heterocycles. The van der Waals surface area contributed by atoms with Crippen LogP contribution in [0.15, 0.2) is 24.3 Å². The van der Waals surface area contributed by atoms with Crippen molar-refractivity contribution in [1.29, 1.82) is 0 Å². The van der Waals surface area contributed by atoms with Crippen LogP contribution in [0.1, 0.15) is 39.5 Å². The number of nitrogens with zero attached hydrogens (tertiary/aromatic N) is 3. The van der Waals surface area contributed by atoms with Crippen molar-refractivity contribution >= 4 is 18.4 Å². The van der Waals surface area contributed by atoms with E-state index in [-0.39, 0.29) is 30.5 Å². The first-order valence-corrected chi connectivity index (χ1v) is 10.5. The standard InChI is InChI=1S/C21H29N5O3.ClH/c1-13(2)12-28-21(27)18-10-15-9-16(8-7-14(15)11-22-18)29-19-6-4-3-5-17(19)20-23-25-26-24-20;/h3-6,13-16,18,22H,7-12H2,1-2H3,(H,23,24,25,26);1H/t14-,15+,16+,18+;/m0./s1. The minimum absolute atomic E-state index is 0. The molecule has 1 saturated carbocycles. The summed E-state index contributed by atoms with van der Waals surface area (Å²) in [6.45, 7) is 5.45. The third-order valence-electron chi connectivity index (χ3n) is 5.87. The van der Waals surface area contributed by atoms with Gasteiger partial charge in [0, 0.05) is 0 Å². The Balaban J connectivity index is 0.00000256. The fourth-order valence-corrected chi connectivity index (χ4v) is 4.37. The Labute approximate surface area is 182 Å². The number of piperidine rings is 1. The maximum absolute atomic E-state index is 12.4. The zero-order valence-corrected chi connectivity index (χ0v) is 18.2. The Bertz CT molecular complexity index is 817. The van der Waals surface area contributed by atoms with Gasteiger partial charge in [-0.25, -0.2) is 0 Å². The highest BCUT2D eigenvalue weighted by molar-refractivity contribution is 5.85. The average molecular weight is 436 g/mol. The first-order chi connectivity index (χ1) is 14.1. The molecule has 164 valence electrons. The molecule has 0 radical (unpaired) electrons. The number of hydrogen-bond donors (Lipinski definition) is 2. The van der Waals surface area contributed by atoms with Gasteiger partial charge in [-0.2, -0.15) is 5.21 Å². The van der Waals surface area contributed by atoms with Gasteiger partial charge in [0.25, 0.3) is 0 Å². The summed E-state index contributed by atoms with van der Waals surface area (Å²) in [6, 6.07) is 7.58. The molecule has 2 N–H and O–H groups in total. The molecule has 2 aliphatic rings. The highest BCUT2D eigenvalue weighted by atomic mass is 35.5. The molecule has 0 spiro atoms. The number of H-pyrrole nitrogens is 1. The smallest absolute Gasteiger partial charge is 0.323 e. The summed E-state index contributed by atoms with van der Waals surface area (Å²) in [7, 11) is 0. The number of aromatic amines is 1.